The highest BCUT2D eigenvalue weighted by Gasteiger charge is 2.21. The highest BCUT2D eigenvalue weighted by molar-refractivity contribution is 7.10. The van der Waals surface area contributed by atoms with E-state index >= 15 is 0 Å². The maximum atomic E-state index is 12.4. The number of nitrogens with zero attached hydrogens (tertiary/aromatic N) is 2. The average molecular weight is 351 g/mol. The number of thiophene rings is 1. The van der Waals surface area contributed by atoms with Crippen molar-refractivity contribution < 1.29 is 4.79 Å². The first-order chi connectivity index (χ1) is 11.5. The van der Waals surface area contributed by atoms with E-state index in [1.54, 1.807) is 11.3 Å². The molecule has 24 heavy (non-hydrogen) atoms. The monoisotopic (exact) mass is 350 g/mol. The molecule has 0 aliphatic carbocycles. The molecule has 0 bridgehead atoms. The predicted octanol–water partition coefficient (Wildman–Crippen LogP) is 2.62. The Morgan fingerprint density at radius 2 is 2.21 bits per heavy atom. The molecule has 1 aliphatic rings. The largest absolute Gasteiger partial charge is 0.357 e. The molecule has 0 spiro atoms. The lowest BCUT2D eigenvalue weighted by atomic mass is 10.1. The summed E-state index contributed by atoms with van der Waals surface area (Å²) >= 11 is 1.80. The number of amides is 1. The fourth-order valence-electron chi connectivity index (χ4n) is 2.59. The summed E-state index contributed by atoms with van der Waals surface area (Å²) in [5, 5.41) is 8.76. The molecule has 1 unspecified atom stereocenters. The van der Waals surface area contributed by atoms with Gasteiger partial charge in [-0.1, -0.05) is 13.8 Å². The number of hydrogen-bond donors (Lipinski definition) is 2. The molecule has 1 aromatic rings. The van der Waals surface area contributed by atoms with Gasteiger partial charge in [0.1, 0.15) is 0 Å². The van der Waals surface area contributed by atoms with Crippen LogP contribution in [-0.2, 0) is 17.8 Å². The summed E-state index contributed by atoms with van der Waals surface area (Å²) in [6.45, 7) is 11.5. The van der Waals surface area contributed by atoms with Gasteiger partial charge in [0.2, 0.25) is 5.91 Å². The Hall–Kier alpha value is -1.56. The summed E-state index contributed by atoms with van der Waals surface area (Å²) in [5.74, 6) is 1.53. The molecular formula is C18H30N4OS. The van der Waals surface area contributed by atoms with Gasteiger partial charge in [-0.05, 0) is 43.2 Å². The number of rotatable bonds is 6. The van der Waals surface area contributed by atoms with Crippen molar-refractivity contribution >= 4 is 23.2 Å². The highest BCUT2D eigenvalue weighted by Crippen LogP contribution is 2.24. The van der Waals surface area contributed by atoms with E-state index in [1.165, 1.54) is 10.4 Å². The standard InChI is InChI=1S/C18H30N4OS/c1-5-19-18(21-14(4)13(2)3)20-9-6-17(23)22-10-7-16-15(12-22)8-11-24-16/h8,11,13-14H,5-7,9-10,12H2,1-4H3,(H2,19,20,21). The van der Waals surface area contributed by atoms with Crippen LogP contribution in [-0.4, -0.2) is 42.4 Å². The number of nitrogens with one attached hydrogen (secondary N) is 2. The van der Waals surface area contributed by atoms with Gasteiger partial charge in [-0.25, -0.2) is 0 Å². The topological polar surface area (TPSA) is 56.7 Å². The third-order valence-corrected chi connectivity index (χ3v) is 5.49. The molecule has 1 aromatic heterocycles. The van der Waals surface area contributed by atoms with E-state index in [1.807, 2.05) is 4.90 Å². The van der Waals surface area contributed by atoms with Gasteiger partial charge in [-0.2, -0.15) is 0 Å². The van der Waals surface area contributed by atoms with Gasteiger partial charge in [0.05, 0.1) is 6.54 Å². The molecule has 1 amide bonds. The second-order valence-electron chi connectivity index (χ2n) is 6.62. The lowest BCUT2D eigenvalue weighted by molar-refractivity contribution is -0.131. The van der Waals surface area contributed by atoms with Crippen LogP contribution in [0.15, 0.2) is 16.4 Å². The predicted molar refractivity (Wildman–Crippen MR) is 101 cm³/mol. The average Bonchev–Trinajstić information content (AvgIpc) is 3.02. The number of hydrogen-bond acceptors (Lipinski definition) is 3. The normalized spacial score (nSPS) is 16.0. The molecule has 6 heteroatoms. The molecule has 5 nitrogen and oxygen atoms in total. The third kappa shape index (κ3) is 5.23. The van der Waals surface area contributed by atoms with E-state index in [0.29, 0.717) is 24.9 Å². The molecule has 2 N–H and O–H groups in total. The maximum Gasteiger partial charge on any atom is 0.224 e. The molecule has 1 atom stereocenters. The van der Waals surface area contributed by atoms with Crippen molar-refractivity contribution in [2.45, 2.75) is 53.1 Å². The van der Waals surface area contributed by atoms with Crippen molar-refractivity contribution in [3.8, 4) is 0 Å². The van der Waals surface area contributed by atoms with Crippen molar-refractivity contribution in [3.05, 3.63) is 21.9 Å². The van der Waals surface area contributed by atoms with Gasteiger partial charge < -0.3 is 15.5 Å². The van der Waals surface area contributed by atoms with Crippen LogP contribution in [0, 0.1) is 5.92 Å². The Kier molecular flexibility index (Phi) is 7.09. The summed E-state index contributed by atoms with van der Waals surface area (Å²) < 4.78 is 0. The molecule has 134 valence electrons. The van der Waals surface area contributed by atoms with E-state index in [4.69, 9.17) is 0 Å². The van der Waals surface area contributed by atoms with Crippen molar-refractivity contribution in [2.75, 3.05) is 19.6 Å². The molecular weight excluding hydrogens is 320 g/mol. The smallest absolute Gasteiger partial charge is 0.224 e. The fourth-order valence-corrected chi connectivity index (χ4v) is 3.47. The Balaban J connectivity index is 1.83. The number of aliphatic imine (C=N–C) groups is 1. The first kappa shape index (κ1) is 18.8. The van der Waals surface area contributed by atoms with Crippen LogP contribution in [0.1, 0.15) is 44.6 Å². The van der Waals surface area contributed by atoms with E-state index < -0.39 is 0 Å². The van der Waals surface area contributed by atoms with Gasteiger partial charge in [0, 0.05) is 37.0 Å². The maximum absolute atomic E-state index is 12.4. The molecule has 2 rings (SSSR count). The minimum Gasteiger partial charge on any atom is -0.357 e. The third-order valence-electron chi connectivity index (χ3n) is 4.46. The van der Waals surface area contributed by atoms with Crippen molar-refractivity contribution in [2.24, 2.45) is 10.9 Å². The lowest BCUT2D eigenvalue weighted by Crippen LogP contribution is -2.44. The number of fused-ring (bicyclic) bond motifs is 1. The second kappa shape index (κ2) is 9.06. The highest BCUT2D eigenvalue weighted by atomic mass is 32.1. The van der Waals surface area contributed by atoms with Gasteiger partial charge in [-0.3, -0.25) is 9.79 Å². The summed E-state index contributed by atoms with van der Waals surface area (Å²) in [6.07, 6.45) is 1.45. The Morgan fingerprint density at radius 1 is 1.42 bits per heavy atom. The first-order valence-electron chi connectivity index (χ1n) is 8.89. The zero-order valence-electron chi connectivity index (χ0n) is 15.3. The minimum atomic E-state index is 0.198. The molecule has 0 fully saturated rings. The van der Waals surface area contributed by atoms with Crippen molar-refractivity contribution in [3.63, 3.8) is 0 Å². The summed E-state index contributed by atoms with van der Waals surface area (Å²) in [5.41, 5.74) is 1.31. The van der Waals surface area contributed by atoms with Crippen LogP contribution in [0.3, 0.4) is 0 Å². The minimum absolute atomic E-state index is 0.198. The fraction of sp³-hybridized carbons (Fsp3) is 0.667. The SMILES string of the molecule is CCNC(=NCCC(=O)N1CCc2sccc2C1)NC(C)C(C)C. The van der Waals surface area contributed by atoms with Crippen LogP contribution >= 0.6 is 11.3 Å². The van der Waals surface area contributed by atoms with Crippen LogP contribution in [0.25, 0.3) is 0 Å². The van der Waals surface area contributed by atoms with Gasteiger partial charge in [0.25, 0.3) is 0 Å². The van der Waals surface area contributed by atoms with Crippen LogP contribution in [0.4, 0.5) is 0 Å². The first-order valence-corrected chi connectivity index (χ1v) is 9.77. The number of guanidine groups is 1. The molecule has 1 aliphatic heterocycles. The molecule has 2 heterocycles. The quantitative estimate of drug-likeness (QED) is 0.612. The zero-order valence-corrected chi connectivity index (χ0v) is 16.1. The lowest BCUT2D eigenvalue weighted by Gasteiger charge is -2.27. The van der Waals surface area contributed by atoms with Crippen LogP contribution in [0.5, 0.6) is 0 Å². The van der Waals surface area contributed by atoms with E-state index in [0.717, 1.165) is 32.0 Å². The second-order valence-corrected chi connectivity index (χ2v) is 7.62. The Bertz CT molecular complexity index is 567. The van der Waals surface area contributed by atoms with E-state index in [2.05, 4.69) is 54.8 Å². The molecule has 0 aromatic carbocycles. The number of carbonyl (C=O) groups is 1. The molecule has 0 radical (unpaired) electrons. The summed E-state index contributed by atoms with van der Waals surface area (Å²) in [7, 11) is 0. The zero-order chi connectivity index (χ0) is 17.5. The van der Waals surface area contributed by atoms with Gasteiger partial charge in [0.15, 0.2) is 5.96 Å². The summed E-state index contributed by atoms with van der Waals surface area (Å²) in [6, 6.07) is 2.48. The van der Waals surface area contributed by atoms with Gasteiger partial charge in [-0.15, -0.1) is 11.3 Å². The van der Waals surface area contributed by atoms with Crippen LogP contribution in [0.2, 0.25) is 0 Å². The Labute approximate surface area is 149 Å². The van der Waals surface area contributed by atoms with E-state index in [-0.39, 0.29) is 5.91 Å². The molecule has 0 saturated carbocycles. The van der Waals surface area contributed by atoms with Crippen molar-refractivity contribution in [1.82, 2.24) is 15.5 Å². The van der Waals surface area contributed by atoms with E-state index in [9.17, 15) is 4.79 Å². The molecule has 0 saturated heterocycles. The Morgan fingerprint density at radius 3 is 2.92 bits per heavy atom. The number of carbonyl (C=O) groups excluding carboxylic acids is 1. The van der Waals surface area contributed by atoms with Gasteiger partial charge >= 0.3 is 0 Å². The van der Waals surface area contributed by atoms with Crippen LogP contribution < -0.4 is 10.6 Å². The van der Waals surface area contributed by atoms with Crippen molar-refractivity contribution in [1.29, 1.82) is 0 Å². The summed E-state index contributed by atoms with van der Waals surface area (Å²) in [4.78, 5) is 20.4.